The molecule has 132 valence electrons. The highest BCUT2D eigenvalue weighted by Gasteiger charge is 2.20. The molecule has 25 heavy (non-hydrogen) atoms. The van der Waals surface area contributed by atoms with Crippen molar-refractivity contribution in [2.24, 2.45) is 0 Å². The molecule has 0 aliphatic rings. The van der Waals surface area contributed by atoms with Crippen molar-refractivity contribution >= 4 is 28.6 Å². The Labute approximate surface area is 146 Å². The molecule has 6 heteroatoms. The minimum Gasteiger partial charge on any atom is -0.437 e. The smallest absolute Gasteiger partial charge is 0.437 e. The molecule has 2 aromatic rings. The number of esters is 1. The highest BCUT2D eigenvalue weighted by Crippen LogP contribution is 2.42. The van der Waals surface area contributed by atoms with E-state index in [0.717, 1.165) is 6.08 Å². The summed E-state index contributed by atoms with van der Waals surface area (Å²) in [6.45, 7) is 8.79. The number of fused-ring (bicyclic) bond motifs is 1. The average molecular weight is 343 g/mol. The predicted octanol–water partition coefficient (Wildman–Crippen LogP) is 3.92. The standard InChI is InChI=1S/C19H21NO5/c1-5-17(21)25-18-14-11-9-8-10-13(14)16(24-19(22)23-4)12-15(18)20(6-2)7-3/h5,8-12H,1,6-7H2,2-4H3. The number of anilines is 1. The third-order valence-corrected chi connectivity index (χ3v) is 3.77. The Morgan fingerprint density at radius 1 is 1.12 bits per heavy atom. The first kappa shape index (κ1) is 18.3. The number of carbonyl (C=O) groups excluding carboxylic acids is 2. The molecular formula is C19H21NO5. The van der Waals surface area contributed by atoms with Crippen LogP contribution >= 0.6 is 0 Å². The molecule has 0 radical (unpaired) electrons. The summed E-state index contributed by atoms with van der Waals surface area (Å²) in [5.74, 6) is 0.185. The molecule has 0 bridgehead atoms. The molecule has 0 aliphatic carbocycles. The van der Waals surface area contributed by atoms with Gasteiger partial charge in [-0.25, -0.2) is 9.59 Å². The maximum atomic E-state index is 11.8. The highest BCUT2D eigenvalue weighted by molar-refractivity contribution is 6.01. The van der Waals surface area contributed by atoms with Crippen LogP contribution in [0.5, 0.6) is 11.5 Å². The van der Waals surface area contributed by atoms with Gasteiger partial charge in [0.15, 0.2) is 5.75 Å². The Morgan fingerprint density at radius 2 is 1.76 bits per heavy atom. The number of rotatable bonds is 6. The zero-order chi connectivity index (χ0) is 18.4. The van der Waals surface area contributed by atoms with Crippen molar-refractivity contribution in [1.82, 2.24) is 0 Å². The minimum atomic E-state index is -0.813. The van der Waals surface area contributed by atoms with Crippen LogP contribution in [-0.4, -0.2) is 32.3 Å². The van der Waals surface area contributed by atoms with Crippen LogP contribution in [-0.2, 0) is 9.53 Å². The summed E-state index contributed by atoms with van der Waals surface area (Å²) >= 11 is 0. The van der Waals surface area contributed by atoms with Crippen molar-refractivity contribution in [3.63, 3.8) is 0 Å². The van der Waals surface area contributed by atoms with Crippen molar-refractivity contribution in [2.45, 2.75) is 13.8 Å². The number of hydrogen-bond acceptors (Lipinski definition) is 6. The second-order valence-corrected chi connectivity index (χ2v) is 5.12. The molecule has 0 N–H and O–H groups in total. The van der Waals surface area contributed by atoms with Gasteiger partial charge in [0.2, 0.25) is 0 Å². The van der Waals surface area contributed by atoms with E-state index in [4.69, 9.17) is 9.47 Å². The molecule has 0 atom stereocenters. The second kappa shape index (κ2) is 8.19. The van der Waals surface area contributed by atoms with Crippen molar-refractivity contribution in [3.05, 3.63) is 43.0 Å². The van der Waals surface area contributed by atoms with Gasteiger partial charge in [-0.2, -0.15) is 0 Å². The number of hydrogen-bond donors (Lipinski definition) is 0. The zero-order valence-electron chi connectivity index (χ0n) is 14.6. The number of nitrogens with zero attached hydrogens (tertiary/aromatic N) is 1. The first-order valence-corrected chi connectivity index (χ1v) is 7.96. The van der Waals surface area contributed by atoms with E-state index in [-0.39, 0.29) is 0 Å². The SMILES string of the molecule is C=CC(=O)Oc1c(N(CC)CC)cc(OC(=O)OC)c2ccccc12. The van der Waals surface area contributed by atoms with Gasteiger partial charge < -0.3 is 19.1 Å². The maximum Gasteiger partial charge on any atom is 0.513 e. The van der Waals surface area contributed by atoms with Crippen molar-refractivity contribution < 1.29 is 23.8 Å². The van der Waals surface area contributed by atoms with Gasteiger partial charge in [0.25, 0.3) is 0 Å². The van der Waals surface area contributed by atoms with E-state index in [1.807, 2.05) is 30.9 Å². The predicted molar refractivity (Wildman–Crippen MR) is 96.4 cm³/mol. The summed E-state index contributed by atoms with van der Waals surface area (Å²) in [6.07, 6.45) is 0.297. The van der Waals surface area contributed by atoms with Crippen LogP contribution in [0.1, 0.15) is 13.8 Å². The molecular weight excluding hydrogens is 322 g/mol. The molecule has 0 amide bonds. The molecule has 0 aromatic heterocycles. The van der Waals surface area contributed by atoms with Crippen molar-refractivity contribution in [2.75, 3.05) is 25.1 Å². The third kappa shape index (κ3) is 3.91. The van der Waals surface area contributed by atoms with Crippen LogP contribution in [0.15, 0.2) is 43.0 Å². The number of benzene rings is 2. The first-order valence-electron chi connectivity index (χ1n) is 7.96. The fraction of sp³-hybridized carbons (Fsp3) is 0.263. The van der Waals surface area contributed by atoms with E-state index in [2.05, 4.69) is 11.3 Å². The van der Waals surface area contributed by atoms with Gasteiger partial charge >= 0.3 is 12.1 Å². The molecule has 0 spiro atoms. The fourth-order valence-corrected chi connectivity index (χ4v) is 2.57. The lowest BCUT2D eigenvalue weighted by Gasteiger charge is -2.25. The van der Waals surface area contributed by atoms with Gasteiger partial charge in [-0.1, -0.05) is 30.8 Å². The Morgan fingerprint density at radius 3 is 2.32 bits per heavy atom. The largest absolute Gasteiger partial charge is 0.513 e. The van der Waals surface area contributed by atoms with Crippen LogP contribution in [0.2, 0.25) is 0 Å². The number of ether oxygens (including phenoxy) is 3. The molecule has 0 fully saturated rings. The topological polar surface area (TPSA) is 65.1 Å². The minimum absolute atomic E-state index is 0.336. The van der Waals surface area contributed by atoms with Gasteiger partial charge in [-0.05, 0) is 13.8 Å². The lowest BCUT2D eigenvalue weighted by Crippen LogP contribution is -2.23. The van der Waals surface area contributed by atoms with E-state index in [9.17, 15) is 9.59 Å². The molecule has 2 aromatic carbocycles. The fourth-order valence-electron chi connectivity index (χ4n) is 2.57. The molecule has 0 saturated carbocycles. The summed E-state index contributed by atoms with van der Waals surface area (Å²) in [6, 6.07) is 8.89. The normalized spacial score (nSPS) is 10.2. The highest BCUT2D eigenvalue weighted by atomic mass is 16.7. The Balaban J connectivity index is 2.75. The van der Waals surface area contributed by atoms with E-state index in [0.29, 0.717) is 41.0 Å². The van der Waals surface area contributed by atoms with Crippen molar-refractivity contribution in [1.29, 1.82) is 0 Å². The van der Waals surface area contributed by atoms with Crippen LogP contribution in [0.3, 0.4) is 0 Å². The quantitative estimate of drug-likeness (QED) is 0.343. The van der Waals surface area contributed by atoms with E-state index < -0.39 is 12.1 Å². The molecule has 0 aliphatic heterocycles. The molecule has 2 rings (SSSR count). The lowest BCUT2D eigenvalue weighted by molar-refractivity contribution is -0.128. The number of methoxy groups -OCH3 is 1. The molecule has 0 saturated heterocycles. The average Bonchev–Trinajstić information content (AvgIpc) is 2.64. The monoisotopic (exact) mass is 343 g/mol. The Bertz CT molecular complexity index is 796. The summed E-state index contributed by atoms with van der Waals surface area (Å²) < 4.78 is 15.4. The van der Waals surface area contributed by atoms with Crippen LogP contribution < -0.4 is 14.4 Å². The first-order chi connectivity index (χ1) is 12.0. The van der Waals surface area contributed by atoms with Gasteiger partial charge in [-0.3, -0.25) is 0 Å². The number of carbonyl (C=O) groups is 2. The summed E-state index contributed by atoms with van der Waals surface area (Å²) in [5.41, 5.74) is 0.651. The third-order valence-electron chi connectivity index (χ3n) is 3.77. The molecule has 0 unspecified atom stereocenters. The van der Waals surface area contributed by atoms with E-state index >= 15 is 0 Å². The molecule has 0 heterocycles. The lowest BCUT2D eigenvalue weighted by atomic mass is 10.1. The zero-order valence-corrected chi connectivity index (χ0v) is 14.6. The van der Waals surface area contributed by atoms with Crippen LogP contribution in [0.25, 0.3) is 10.8 Å². The van der Waals surface area contributed by atoms with Crippen LogP contribution in [0.4, 0.5) is 10.5 Å². The van der Waals surface area contributed by atoms with Crippen LogP contribution in [0, 0.1) is 0 Å². The van der Waals surface area contributed by atoms with Gasteiger partial charge in [-0.15, -0.1) is 0 Å². The summed E-state index contributed by atoms with van der Waals surface area (Å²) in [4.78, 5) is 25.4. The Hall–Kier alpha value is -3.02. The van der Waals surface area contributed by atoms with Gasteiger partial charge in [0.05, 0.1) is 12.8 Å². The summed E-state index contributed by atoms with van der Waals surface area (Å²) in [7, 11) is 1.25. The summed E-state index contributed by atoms with van der Waals surface area (Å²) in [5, 5.41) is 1.29. The van der Waals surface area contributed by atoms with E-state index in [1.54, 1.807) is 18.2 Å². The van der Waals surface area contributed by atoms with E-state index in [1.165, 1.54) is 7.11 Å². The van der Waals surface area contributed by atoms with Gasteiger partial charge in [0.1, 0.15) is 5.75 Å². The van der Waals surface area contributed by atoms with Gasteiger partial charge in [0, 0.05) is 36.0 Å². The second-order valence-electron chi connectivity index (χ2n) is 5.12. The molecule has 6 nitrogen and oxygen atoms in total. The Kier molecular flexibility index (Phi) is 6.00. The maximum absolute atomic E-state index is 11.8. The van der Waals surface area contributed by atoms with Crippen molar-refractivity contribution in [3.8, 4) is 11.5 Å².